The van der Waals surface area contributed by atoms with Crippen molar-refractivity contribution in [2.45, 2.75) is 80.1 Å². The van der Waals surface area contributed by atoms with Gasteiger partial charge < -0.3 is 5.11 Å². The number of aryl methyl sites for hydroxylation is 2. The van der Waals surface area contributed by atoms with Crippen molar-refractivity contribution in [2.24, 2.45) is 5.41 Å². The number of aromatic hydroxyl groups is 1. The first-order valence-electron chi connectivity index (χ1n) is 22.7. The monoisotopic (exact) mass is 972 g/mol. The number of pyridine rings is 1. The van der Waals surface area contributed by atoms with Gasteiger partial charge in [0, 0.05) is 38.5 Å². The third-order valence-electron chi connectivity index (χ3n) is 12.1. The molecule has 8 rings (SSSR count). The maximum absolute atomic E-state index is 11.8. The number of nitrogens with zero attached hydrogens (tertiary/aromatic N) is 3. The van der Waals surface area contributed by atoms with Gasteiger partial charge >= 0.3 is 0 Å². The largest absolute Gasteiger partial charge is 0.507 e. The van der Waals surface area contributed by atoms with E-state index in [2.05, 4.69) is 133 Å². The van der Waals surface area contributed by atoms with Gasteiger partial charge in [-0.25, -0.2) is 4.98 Å². The van der Waals surface area contributed by atoms with Gasteiger partial charge in [0.15, 0.2) is 0 Å². The summed E-state index contributed by atoms with van der Waals surface area (Å²) in [6.45, 7) is 21.8. The van der Waals surface area contributed by atoms with Crippen molar-refractivity contribution < 1.29 is 33.0 Å². The molecule has 4 nitrogen and oxygen atoms in total. The molecule has 1 N–H and O–H groups in total. The van der Waals surface area contributed by atoms with E-state index >= 15 is 0 Å². The van der Waals surface area contributed by atoms with Crippen LogP contribution in [0.15, 0.2) is 140 Å². The van der Waals surface area contributed by atoms with Crippen LogP contribution in [0.5, 0.6) is 5.75 Å². The van der Waals surface area contributed by atoms with Gasteiger partial charge in [0.1, 0.15) is 11.6 Å². The van der Waals surface area contributed by atoms with Crippen LogP contribution in [0.2, 0.25) is 0 Å². The van der Waals surface area contributed by atoms with E-state index in [1.807, 2.05) is 38.1 Å². The summed E-state index contributed by atoms with van der Waals surface area (Å²) in [5.41, 5.74) is 12.2. The van der Waals surface area contributed by atoms with Gasteiger partial charge in [-0.05, 0) is 93.8 Å². The van der Waals surface area contributed by atoms with Crippen LogP contribution in [0, 0.1) is 25.3 Å². The number of benzene rings is 6. The second kappa shape index (κ2) is 16.1. The third kappa shape index (κ3) is 7.91. The fraction of sp³-hybridized carbons (Fsp3) is 0.236. The minimum absolute atomic E-state index is 0. The normalized spacial score (nSPS) is 13.3. The molecule has 2 heterocycles. The first kappa shape index (κ1) is 36.3. The average Bonchev–Trinajstić information content (AvgIpc) is 3.65. The Morgan fingerprint density at radius 2 is 1.37 bits per heavy atom. The van der Waals surface area contributed by atoms with Crippen LogP contribution in [0.3, 0.4) is 0 Å². The first-order valence-corrected chi connectivity index (χ1v) is 20.2. The van der Waals surface area contributed by atoms with Crippen LogP contribution in [-0.4, -0.2) is 19.6 Å². The molecule has 0 aliphatic rings. The fourth-order valence-corrected chi connectivity index (χ4v) is 7.69. The Balaban J connectivity index is 0.00000630. The van der Waals surface area contributed by atoms with Crippen molar-refractivity contribution >= 4 is 11.0 Å². The Kier molecular flexibility index (Phi) is 9.76. The summed E-state index contributed by atoms with van der Waals surface area (Å²) in [6, 6.07) is 36.9. The maximum atomic E-state index is 11.8. The van der Waals surface area contributed by atoms with Crippen molar-refractivity contribution in [2.75, 3.05) is 0 Å². The summed E-state index contributed by atoms with van der Waals surface area (Å²) in [4.78, 5) is 10.2. The number of phenolic OH excluding ortho intramolecular Hbond substituents is 1. The molecule has 0 atom stereocenters. The van der Waals surface area contributed by atoms with Crippen LogP contribution >= 0.6 is 0 Å². The zero-order valence-corrected chi connectivity index (χ0v) is 38.3. The van der Waals surface area contributed by atoms with Gasteiger partial charge in [0.25, 0.3) is 0 Å². The number of rotatable bonds is 7. The van der Waals surface area contributed by atoms with Crippen molar-refractivity contribution in [3.8, 4) is 67.5 Å². The minimum atomic E-state index is -0.436. The third-order valence-corrected chi connectivity index (χ3v) is 12.1. The fourth-order valence-electron chi connectivity index (χ4n) is 7.69. The van der Waals surface area contributed by atoms with Crippen LogP contribution in [0.1, 0.15) is 84.5 Å². The van der Waals surface area contributed by atoms with E-state index < -0.39 is 6.04 Å². The van der Waals surface area contributed by atoms with E-state index in [0.717, 1.165) is 55.7 Å². The van der Waals surface area contributed by atoms with Crippen LogP contribution in [0.25, 0.3) is 72.7 Å². The van der Waals surface area contributed by atoms with Crippen molar-refractivity contribution in [1.82, 2.24) is 14.5 Å². The number of para-hydroxylation sites is 1. The average molecular weight is 973 g/mol. The molecule has 60 heavy (non-hydrogen) atoms. The minimum Gasteiger partial charge on any atom is -0.507 e. The molecule has 5 heteroatoms. The van der Waals surface area contributed by atoms with E-state index in [0.29, 0.717) is 28.2 Å². The second-order valence-electron chi connectivity index (χ2n) is 18.3. The van der Waals surface area contributed by atoms with E-state index in [1.54, 1.807) is 18.3 Å². The van der Waals surface area contributed by atoms with Crippen molar-refractivity contribution in [3.63, 3.8) is 0 Å². The van der Waals surface area contributed by atoms with Gasteiger partial charge in [-0.3, -0.25) is 9.55 Å². The van der Waals surface area contributed by atoms with Crippen LogP contribution in [-0.2, 0) is 31.9 Å². The molecule has 0 radical (unpaired) electrons. The maximum Gasteiger partial charge on any atom is 0.148 e. The zero-order valence-electron chi connectivity index (χ0n) is 41.0. The Hall–Kier alpha value is -5.57. The summed E-state index contributed by atoms with van der Waals surface area (Å²) in [7, 11) is 0. The standard InChI is InChI=1S/C55H54N3O.Pt/c1-35-28-36(2)51(59)46(29-35)52-57-50-44(40-30-41(32-43(31-40)53(3,4)5)47-33-39(26-27-56-47)37-18-13-11-14-19-37)22-17-23-49(50)58(52)48-25-24-42(55(9,10)54(6,7)8)34-45(48)38-20-15-12-16-21-38;/h11-29,31-34,59H,1-10H3;/q-1;/i11D,13D,14D,18D,19D;. The van der Waals surface area contributed by atoms with Gasteiger partial charge in [-0.2, -0.15) is 0 Å². The van der Waals surface area contributed by atoms with Gasteiger partial charge in [-0.1, -0.05) is 157 Å². The van der Waals surface area contributed by atoms with Crippen LogP contribution < -0.4 is 0 Å². The van der Waals surface area contributed by atoms with Crippen LogP contribution in [0.4, 0.5) is 0 Å². The summed E-state index contributed by atoms with van der Waals surface area (Å²) < 4.78 is 44.3. The number of hydrogen-bond donors (Lipinski definition) is 1. The van der Waals surface area contributed by atoms with E-state index in [9.17, 15) is 5.11 Å². The molecule has 0 spiro atoms. The Morgan fingerprint density at radius 1 is 0.650 bits per heavy atom. The number of hydrogen-bond acceptors (Lipinski definition) is 3. The zero-order chi connectivity index (χ0) is 46.2. The molecule has 0 unspecified atom stereocenters. The molecular weight excluding hydrogens is 914 g/mol. The van der Waals surface area contributed by atoms with Gasteiger partial charge in [-0.15, -0.1) is 29.3 Å². The SMILES string of the molecule is [2H]c1c([2H])c([2H])c(-c2ccnc(-c3[c-]c(-c4cccc5c4nc(-c4cc(C)cc(C)c4O)n5-c4ccc(C(C)(C)C(C)(C)C)cc4-c4ccccc4)cc(C(C)(C)C)c3)c2)c([2H])c1[2H].[Pt]. The first-order chi connectivity index (χ1) is 30.1. The number of phenols is 1. The molecule has 8 aromatic rings. The predicted octanol–water partition coefficient (Wildman–Crippen LogP) is 14.5. The number of imidazole rings is 1. The van der Waals surface area contributed by atoms with Crippen molar-refractivity contribution in [3.05, 3.63) is 168 Å². The molecular formula is C55H54N3OPt-. The molecule has 0 bridgehead atoms. The molecule has 0 saturated carbocycles. The molecule has 0 aliphatic carbocycles. The Labute approximate surface area is 377 Å². The Bertz CT molecular complexity index is 3110. The van der Waals surface area contributed by atoms with E-state index in [-0.39, 0.29) is 72.8 Å². The summed E-state index contributed by atoms with van der Waals surface area (Å²) in [6.07, 6.45) is 1.60. The summed E-state index contributed by atoms with van der Waals surface area (Å²) in [5, 5.41) is 11.8. The molecule has 0 saturated heterocycles. The van der Waals surface area contributed by atoms with Gasteiger partial charge in [0.2, 0.25) is 0 Å². The second-order valence-corrected chi connectivity index (χ2v) is 18.3. The molecule has 0 aliphatic heterocycles. The number of fused-ring (bicyclic) bond motifs is 1. The molecule has 0 amide bonds. The van der Waals surface area contributed by atoms with E-state index in [4.69, 9.17) is 16.8 Å². The topological polar surface area (TPSA) is 50.9 Å². The molecule has 2 aromatic heterocycles. The molecule has 0 fully saturated rings. The van der Waals surface area contributed by atoms with E-state index in [1.165, 1.54) is 5.56 Å². The van der Waals surface area contributed by atoms with Crippen molar-refractivity contribution in [1.29, 1.82) is 0 Å². The van der Waals surface area contributed by atoms with Gasteiger partial charge in [0.05, 0.1) is 29.1 Å². The number of aromatic nitrogens is 3. The summed E-state index contributed by atoms with van der Waals surface area (Å²) >= 11 is 0. The molecule has 6 aromatic carbocycles. The Morgan fingerprint density at radius 3 is 2.07 bits per heavy atom. The quantitative estimate of drug-likeness (QED) is 0.162. The predicted molar refractivity (Wildman–Crippen MR) is 247 cm³/mol. The smallest absolute Gasteiger partial charge is 0.148 e. The summed E-state index contributed by atoms with van der Waals surface area (Å²) in [5.74, 6) is 0.774. The molecule has 306 valence electrons.